The fourth-order valence-corrected chi connectivity index (χ4v) is 4.10. The SMILES string of the molecule is CCOc1nn(-c2ccccc2)c(NC(=O)N[C@H]2c3ccccc3CC2OCCOC)c1C. The van der Waals surface area contributed by atoms with Crippen molar-refractivity contribution in [3.63, 3.8) is 0 Å². The molecule has 174 valence electrons. The molecule has 2 aromatic carbocycles. The summed E-state index contributed by atoms with van der Waals surface area (Å²) in [5.74, 6) is 1.05. The lowest BCUT2D eigenvalue weighted by atomic mass is 10.1. The van der Waals surface area contributed by atoms with Gasteiger partial charge in [-0.25, -0.2) is 9.48 Å². The number of rotatable bonds is 9. The molecule has 0 saturated heterocycles. The second-order valence-corrected chi connectivity index (χ2v) is 7.84. The molecule has 0 fully saturated rings. The van der Waals surface area contributed by atoms with E-state index in [1.54, 1.807) is 11.8 Å². The van der Waals surface area contributed by atoms with Crippen LogP contribution in [-0.2, 0) is 15.9 Å². The van der Waals surface area contributed by atoms with Crippen LogP contribution in [0.1, 0.15) is 29.7 Å². The number of fused-ring (bicyclic) bond motifs is 1. The molecular weight excluding hydrogens is 420 g/mol. The van der Waals surface area contributed by atoms with Crippen LogP contribution >= 0.6 is 0 Å². The van der Waals surface area contributed by atoms with Crippen LogP contribution in [0.4, 0.5) is 10.6 Å². The molecule has 0 spiro atoms. The lowest BCUT2D eigenvalue weighted by Crippen LogP contribution is -2.38. The Balaban J connectivity index is 1.56. The smallest absolute Gasteiger partial charge is 0.320 e. The Morgan fingerprint density at radius 2 is 1.88 bits per heavy atom. The highest BCUT2D eigenvalue weighted by Crippen LogP contribution is 2.34. The van der Waals surface area contributed by atoms with E-state index in [1.807, 2.05) is 62.4 Å². The molecule has 1 aliphatic rings. The maximum Gasteiger partial charge on any atom is 0.320 e. The lowest BCUT2D eigenvalue weighted by molar-refractivity contribution is 0.00643. The zero-order valence-electron chi connectivity index (χ0n) is 19.2. The number of methoxy groups -OCH3 is 1. The number of nitrogens with zero attached hydrogens (tertiary/aromatic N) is 2. The summed E-state index contributed by atoms with van der Waals surface area (Å²) in [4.78, 5) is 13.2. The molecule has 1 heterocycles. The number of carbonyl (C=O) groups is 1. The van der Waals surface area contributed by atoms with E-state index in [1.165, 1.54) is 5.56 Å². The minimum atomic E-state index is -0.333. The lowest BCUT2D eigenvalue weighted by Gasteiger charge is -2.23. The third kappa shape index (κ3) is 5.02. The fourth-order valence-electron chi connectivity index (χ4n) is 4.10. The van der Waals surface area contributed by atoms with Crippen LogP contribution < -0.4 is 15.4 Å². The highest BCUT2D eigenvalue weighted by molar-refractivity contribution is 5.90. The number of aromatic nitrogens is 2. The molecule has 2 N–H and O–H groups in total. The molecule has 1 aromatic heterocycles. The van der Waals surface area contributed by atoms with E-state index in [2.05, 4.69) is 21.8 Å². The highest BCUT2D eigenvalue weighted by atomic mass is 16.5. The van der Waals surface area contributed by atoms with Crippen LogP contribution in [0.5, 0.6) is 5.88 Å². The molecule has 8 nitrogen and oxygen atoms in total. The molecule has 0 radical (unpaired) electrons. The summed E-state index contributed by atoms with van der Waals surface area (Å²) < 4.78 is 18.5. The summed E-state index contributed by atoms with van der Waals surface area (Å²) in [6.07, 6.45) is 0.572. The van der Waals surface area contributed by atoms with Gasteiger partial charge < -0.3 is 19.5 Å². The zero-order valence-corrected chi connectivity index (χ0v) is 19.2. The van der Waals surface area contributed by atoms with Crippen molar-refractivity contribution in [1.29, 1.82) is 0 Å². The van der Waals surface area contributed by atoms with Gasteiger partial charge in [0.25, 0.3) is 0 Å². The van der Waals surface area contributed by atoms with E-state index in [0.717, 1.165) is 23.2 Å². The number of benzene rings is 2. The second-order valence-electron chi connectivity index (χ2n) is 7.84. The molecule has 8 heteroatoms. The summed E-state index contributed by atoms with van der Waals surface area (Å²) in [6.45, 7) is 5.24. The van der Waals surface area contributed by atoms with Crippen LogP contribution in [0.3, 0.4) is 0 Å². The Kier molecular flexibility index (Phi) is 7.26. The van der Waals surface area contributed by atoms with E-state index >= 15 is 0 Å². The number of nitrogens with one attached hydrogen (secondary N) is 2. The van der Waals surface area contributed by atoms with Gasteiger partial charge in [0.1, 0.15) is 5.82 Å². The number of ether oxygens (including phenoxy) is 3. The summed E-state index contributed by atoms with van der Waals surface area (Å²) in [5.41, 5.74) is 3.83. The van der Waals surface area contributed by atoms with Crippen molar-refractivity contribution in [1.82, 2.24) is 15.1 Å². The maximum atomic E-state index is 13.2. The molecule has 0 saturated carbocycles. The average Bonchev–Trinajstić information content (AvgIpc) is 3.33. The van der Waals surface area contributed by atoms with Crippen molar-refractivity contribution in [2.24, 2.45) is 0 Å². The summed E-state index contributed by atoms with van der Waals surface area (Å²) >= 11 is 0. The third-order valence-corrected chi connectivity index (χ3v) is 5.68. The second kappa shape index (κ2) is 10.5. The van der Waals surface area contributed by atoms with Crippen molar-refractivity contribution >= 4 is 11.8 Å². The average molecular weight is 451 g/mol. The molecular formula is C25H30N4O4. The van der Waals surface area contributed by atoms with E-state index in [4.69, 9.17) is 14.2 Å². The fraction of sp³-hybridized carbons (Fsp3) is 0.360. The van der Waals surface area contributed by atoms with Gasteiger partial charge in [-0.1, -0.05) is 42.5 Å². The number of anilines is 1. The molecule has 2 atom stereocenters. The minimum Gasteiger partial charge on any atom is -0.477 e. The van der Waals surface area contributed by atoms with Crippen molar-refractivity contribution < 1.29 is 19.0 Å². The van der Waals surface area contributed by atoms with Gasteiger partial charge in [-0.05, 0) is 37.1 Å². The zero-order chi connectivity index (χ0) is 23.2. The van der Waals surface area contributed by atoms with Crippen LogP contribution in [0.25, 0.3) is 5.69 Å². The van der Waals surface area contributed by atoms with Crippen molar-refractivity contribution in [3.05, 3.63) is 71.3 Å². The van der Waals surface area contributed by atoms with E-state index in [0.29, 0.717) is 31.5 Å². The van der Waals surface area contributed by atoms with Crippen molar-refractivity contribution in [2.45, 2.75) is 32.4 Å². The van der Waals surface area contributed by atoms with Gasteiger partial charge in [0.15, 0.2) is 0 Å². The Morgan fingerprint density at radius 3 is 2.64 bits per heavy atom. The van der Waals surface area contributed by atoms with Crippen molar-refractivity contribution in [3.8, 4) is 11.6 Å². The minimum absolute atomic E-state index is 0.164. The van der Waals surface area contributed by atoms with E-state index in [9.17, 15) is 4.79 Å². The van der Waals surface area contributed by atoms with Gasteiger partial charge in [0, 0.05) is 13.5 Å². The van der Waals surface area contributed by atoms with E-state index in [-0.39, 0.29) is 18.2 Å². The first-order chi connectivity index (χ1) is 16.1. The molecule has 0 aliphatic heterocycles. The number of amides is 2. The quantitative estimate of drug-likeness (QED) is 0.481. The standard InChI is InChI=1S/C25H30N4O4/c1-4-32-24-17(2)23(29(28-24)19-11-6-5-7-12-19)27-25(30)26-22-20-13-9-8-10-18(20)16-21(22)33-15-14-31-3/h5-13,21-22H,4,14-16H2,1-3H3,(H2,26,27,30)/t21?,22-/m0/s1. The largest absolute Gasteiger partial charge is 0.477 e. The molecule has 1 unspecified atom stereocenters. The van der Waals surface area contributed by atoms with E-state index < -0.39 is 0 Å². The molecule has 2 amide bonds. The molecule has 0 bridgehead atoms. The molecule has 33 heavy (non-hydrogen) atoms. The van der Waals surface area contributed by atoms with Crippen LogP contribution in [0, 0.1) is 6.92 Å². The number of urea groups is 1. The van der Waals surface area contributed by atoms with Crippen LogP contribution in [0.15, 0.2) is 54.6 Å². The molecule has 3 aromatic rings. The van der Waals surface area contributed by atoms with Crippen LogP contribution in [0.2, 0.25) is 0 Å². The topological polar surface area (TPSA) is 86.6 Å². The Labute approximate surface area is 193 Å². The van der Waals surface area contributed by atoms with Gasteiger partial charge >= 0.3 is 6.03 Å². The first-order valence-corrected chi connectivity index (χ1v) is 11.2. The summed E-state index contributed by atoms with van der Waals surface area (Å²) in [7, 11) is 1.64. The Morgan fingerprint density at radius 1 is 1.12 bits per heavy atom. The molecule has 4 rings (SSSR count). The first kappa shape index (κ1) is 22.8. The summed E-state index contributed by atoms with van der Waals surface area (Å²) in [6, 6.07) is 17.1. The highest BCUT2D eigenvalue weighted by Gasteiger charge is 2.34. The van der Waals surface area contributed by atoms with Gasteiger partial charge in [-0.3, -0.25) is 5.32 Å². The normalized spacial score (nSPS) is 16.9. The van der Waals surface area contributed by atoms with Gasteiger partial charge in [0.05, 0.1) is 43.2 Å². The van der Waals surface area contributed by atoms with Gasteiger partial charge in [-0.15, -0.1) is 5.10 Å². The number of para-hydroxylation sites is 1. The molecule has 1 aliphatic carbocycles. The third-order valence-electron chi connectivity index (χ3n) is 5.68. The number of hydrogen-bond acceptors (Lipinski definition) is 5. The van der Waals surface area contributed by atoms with Crippen molar-refractivity contribution in [2.75, 3.05) is 32.2 Å². The monoisotopic (exact) mass is 450 g/mol. The first-order valence-electron chi connectivity index (χ1n) is 11.2. The Bertz CT molecular complexity index is 1080. The van der Waals surface area contributed by atoms with Gasteiger partial charge in [-0.2, -0.15) is 0 Å². The number of carbonyl (C=O) groups excluding carboxylic acids is 1. The predicted molar refractivity (Wildman–Crippen MR) is 126 cm³/mol. The number of hydrogen-bond donors (Lipinski definition) is 2. The maximum absolute atomic E-state index is 13.2. The summed E-state index contributed by atoms with van der Waals surface area (Å²) in [5, 5.41) is 10.7. The predicted octanol–water partition coefficient (Wildman–Crippen LogP) is 4.03. The Hall–Kier alpha value is -3.36. The van der Waals surface area contributed by atoms with Crippen LogP contribution in [-0.4, -0.2) is 48.8 Å². The van der Waals surface area contributed by atoms with Gasteiger partial charge in [0.2, 0.25) is 5.88 Å².